The van der Waals surface area contributed by atoms with Gasteiger partial charge in [0.2, 0.25) is 0 Å². The summed E-state index contributed by atoms with van der Waals surface area (Å²) in [6, 6.07) is 4.94. The summed E-state index contributed by atoms with van der Waals surface area (Å²) in [6.07, 6.45) is 1.32. The standard InChI is InChI=1S/C13H20ClN3S/c14-13-2-1-12(18-13)10-16-5-7-17(8-6-16)11-3-4-15-9-11/h1-2,11,15H,3-10H2/t11-/m0/s1. The van der Waals surface area contributed by atoms with E-state index in [1.807, 2.05) is 6.07 Å². The third kappa shape index (κ3) is 3.06. The fourth-order valence-electron chi connectivity index (χ4n) is 2.89. The topological polar surface area (TPSA) is 18.5 Å². The molecule has 0 bridgehead atoms. The van der Waals surface area contributed by atoms with Gasteiger partial charge in [-0.1, -0.05) is 11.6 Å². The van der Waals surface area contributed by atoms with E-state index in [0.717, 1.165) is 16.9 Å². The van der Waals surface area contributed by atoms with Crippen molar-refractivity contribution in [1.82, 2.24) is 15.1 Å². The zero-order valence-corrected chi connectivity index (χ0v) is 12.1. The molecule has 3 nitrogen and oxygen atoms in total. The quantitative estimate of drug-likeness (QED) is 0.915. The van der Waals surface area contributed by atoms with Crippen molar-refractivity contribution in [3.05, 3.63) is 21.3 Å². The highest BCUT2D eigenvalue weighted by atomic mass is 35.5. The summed E-state index contributed by atoms with van der Waals surface area (Å²) in [6.45, 7) is 8.24. The molecule has 0 spiro atoms. The van der Waals surface area contributed by atoms with E-state index in [1.165, 1.54) is 50.6 Å². The van der Waals surface area contributed by atoms with E-state index in [1.54, 1.807) is 11.3 Å². The molecule has 0 aliphatic carbocycles. The van der Waals surface area contributed by atoms with Crippen molar-refractivity contribution >= 4 is 22.9 Å². The van der Waals surface area contributed by atoms with E-state index >= 15 is 0 Å². The number of thiophene rings is 1. The van der Waals surface area contributed by atoms with Crippen LogP contribution in [0.1, 0.15) is 11.3 Å². The van der Waals surface area contributed by atoms with Gasteiger partial charge in [-0.3, -0.25) is 9.80 Å². The third-order valence-electron chi connectivity index (χ3n) is 3.97. The highest BCUT2D eigenvalue weighted by Gasteiger charge is 2.25. The fraction of sp³-hybridized carbons (Fsp3) is 0.692. The molecule has 0 unspecified atom stereocenters. The van der Waals surface area contributed by atoms with Crippen molar-refractivity contribution in [1.29, 1.82) is 0 Å². The molecule has 18 heavy (non-hydrogen) atoms. The molecule has 0 radical (unpaired) electrons. The molecule has 2 fully saturated rings. The molecule has 100 valence electrons. The second-order valence-electron chi connectivity index (χ2n) is 5.16. The Labute approximate surface area is 118 Å². The minimum atomic E-state index is 0.781. The second-order valence-corrected chi connectivity index (χ2v) is 6.96. The summed E-state index contributed by atoms with van der Waals surface area (Å²) in [5.74, 6) is 0. The lowest BCUT2D eigenvalue weighted by Gasteiger charge is -2.37. The largest absolute Gasteiger partial charge is 0.315 e. The minimum Gasteiger partial charge on any atom is -0.315 e. The SMILES string of the molecule is Clc1ccc(CN2CCN([C@H]3CCNC3)CC2)s1. The number of piperazine rings is 1. The highest BCUT2D eigenvalue weighted by molar-refractivity contribution is 7.16. The van der Waals surface area contributed by atoms with Crippen molar-refractivity contribution in [3.63, 3.8) is 0 Å². The Bertz CT molecular complexity index is 381. The zero-order chi connectivity index (χ0) is 12.4. The molecule has 1 N–H and O–H groups in total. The molecule has 3 heterocycles. The molecule has 5 heteroatoms. The normalized spacial score (nSPS) is 26.8. The third-order valence-corrected chi connectivity index (χ3v) is 5.18. The molecule has 2 aliphatic heterocycles. The highest BCUT2D eigenvalue weighted by Crippen LogP contribution is 2.23. The van der Waals surface area contributed by atoms with Gasteiger partial charge in [0, 0.05) is 50.2 Å². The van der Waals surface area contributed by atoms with Crippen LogP contribution in [0.3, 0.4) is 0 Å². The first-order valence-corrected chi connectivity index (χ1v) is 7.92. The van der Waals surface area contributed by atoms with Crippen LogP contribution in [0.5, 0.6) is 0 Å². The van der Waals surface area contributed by atoms with Crippen LogP contribution in [-0.4, -0.2) is 55.1 Å². The molecule has 0 amide bonds. The first-order chi connectivity index (χ1) is 8.81. The number of rotatable bonds is 3. The van der Waals surface area contributed by atoms with Gasteiger partial charge < -0.3 is 5.32 Å². The average Bonchev–Trinajstić information content (AvgIpc) is 3.02. The second kappa shape index (κ2) is 5.88. The van der Waals surface area contributed by atoms with Crippen molar-refractivity contribution < 1.29 is 0 Å². The lowest BCUT2D eigenvalue weighted by atomic mass is 10.2. The maximum Gasteiger partial charge on any atom is 0.0931 e. The lowest BCUT2D eigenvalue weighted by Crippen LogP contribution is -2.50. The van der Waals surface area contributed by atoms with Crippen LogP contribution in [0.25, 0.3) is 0 Å². The van der Waals surface area contributed by atoms with Gasteiger partial charge in [-0.05, 0) is 25.1 Å². The molecule has 2 aliphatic rings. The van der Waals surface area contributed by atoms with Gasteiger partial charge in [-0.25, -0.2) is 0 Å². The predicted molar refractivity (Wildman–Crippen MR) is 77.5 cm³/mol. The average molecular weight is 286 g/mol. The Kier molecular flexibility index (Phi) is 4.21. The monoisotopic (exact) mass is 285 g/mol. The molecule has 2 saturated heterocycles. The molecule has 1 aromatic rings. The van der Waals surface area contributed by atoms with E-state index in [2.05, 4.69) is 21.2 Å². The Morgan fingerprint density at radius 1 is 1.28 bits per heavy atom. The van der Waals surface area contributed by atoms with E-state index in [4.69, 9.17) is 11.6 Å². The lowest BCUT2D eigenvalue weighted by molar-refractivity contribution is 0.0988. The molecule has 1 atom stereocenters. The van der Waals surface area contributed by atoms with Gasteiger partial charge in [0.1, 0.15) is 0 Å². The Morgan fingerprint density at radius 3 is 2.72 bits per heavy atom. The molecule has 0 saturated carbocycles. The molecule has 1 aromatic heterocycles. The fourth-order valence-corrected chi connectivity index (χ4v) is 4.02. The number of hydrogen-bond acceptors (Lipinski definition) is 4. The van der Waals surface area contributed by atoms with Gasteiger partial charge in [0.05, 0.1) is 4.34 Å². The summed E-state index contributed by atoms with van der Waals surface area (Å²) < 4.78 is 0.903. The van der Waals surface area contributed by atoms with E-state index < -0.39 is 0 Å². The number of halogens is 1. The molecular weight excluding hydrogens is 266 g/mol. The summed E-state index contributed by atoms with van der Waals surface area (Å²) in [4.78, 5) is 6.58. The van der Waals surface area contributed by atoms with Crippen LogP contribution in [-0.2, 0) is 6.54 Å². The van der Waals surface area contributed by atoms with Crippen molar-refractivity contribution in [2.75, 3.05) is 39.3 Å². The van der Waals surface area contributed by atoms with Gasteiger partial charge >= 0.3 is 0 Å². The summed E-state index contributed by atoms with van der Waals surface area (Å²) in [7, 11) is 0. The van der Waals surface area contributed by atoms with E-state index in [9.17, 15) is 0 Å². The predicted octanol–water partition coefficient (Wildman–Crippen LogP) is 1.88. The Balaban J connectivity index is 1.47. The summed E-state index contributed by atoms with van der Waals surface area (Å²) >= 11 is 7.68. The maximum absolute atomic E-state index is 5.97. The first-order valence-electron chi connectivity index (χ1n) is 6.72. The smallest absolute Gasteiger partial charge is 0.0931 e. The van der Waals surface area contributed by atoms with E-state index in [-0.39, 0.29) is 0 Å². The van der Waals surface area contributed by atoms with Crippen LogP contribution < -0.4 is 5.32 Å². The van der Waals surface area contributed by atoms with Gasteiger partial charge in [-0.2, -0.15) is 0 Å². The van der Waals surface area contributed by atoms with Crippen LogP contribution in [0, 0.1) is 0 Å². The van der Waals surface area contributed by atoms with Crippen molar-refractivity contribution in [2.45, 2.75) is 19.0 Å². The maximum atomic E-state index is 5.97. The van der Waals surface area contributed by atoms with Crippen LogP contribution >= 0.6 is 22.9 Å². The van der Waals surface area contributed by atoms with Gasteiger partial charge in [0.25, 0.3) is 0 Å². The summed E-state index contributed by atoms with van der Waals surface area (Å²) in [5, 5.41) is 3.46. The van der Waals surface area contributed by atoms with E-state index in [0.29, 0.717) is 0 Å². The molecule has 0 aromatic carbocycles. The zero-order valence-electron chi connectivity index (χ0n) is 10.6. The Hall–Kier alpha value is -0.130. The number of hydrogen-bond donors (Lipinski definition) is 1. The van der Waals surface area contributed by atoms with Crippen molar-refractivity contribution in [3.8, 4) is 0 Å². The summed E-state index contributed by atoms with van der Waals surface area (Å²) in [5.41, 5.74) is 0. The first kappa shape index (κ1) is 12.9. The number of nitrogens with one attached hydrogen (secondary N) is 1. The van der Waals surface area contributed by atoms with Gasteiger partial charge in [-0.15, -0.1) is 11.3 Å². The molecular formula is C13H20ClN3S. The van der Waals surface area contributed by atoms with Crippen LogP contribution in [0.15, 0.2) is 12.1 Å². The van der Waals surface area contributed by atoms with Crippen molar-refractivity contribution in [2.24, 2.45) is 0 Å². The minimum absolute atomic E-state index is 0.781. The van der Waals surface area contributed by atoms with Crippen LogP contribution in [0.2, 0.25) is 4.34 Å². The van der Waals surface area contributed by atoms with Crippen LogP contribution in [0.4, 0.5) is 0 Å². The number of nitrogens with zero attached hydrogens (tertiary/aromatic N) is 2. The van der Waals surface area contributed by atoms with Gasteiger partial charge in [0.15, 0.2) is 0 Å². The Morgan fingerprint density at radius 2 is 2.11 bits per heavy atom. The molecule has 3 rings (SSSR count).